The number of piperazine rings is 1. The standard InChI is InChI=1S/C20H26N2O3S/c1-4-25-19-9-11-20(12-10-19)26(23,24)21-13-14-22(17(3)15-21)18-7-5-16(2)6-8-18/h5-12,17H,4,13-15H2,1-3H3. The molecule has 0 spiro atoms. The van der Waals surface area contributed by atoms with Gasteiger partial charge in [-0.15, -0.1) is 0 Å². The summed E-state index contributed by atoms with van der Waals surface area (Å²) in [4.78, 5) is 2.58. The first-order valence-electron chi connectivity index (χ1n) is 8.98. The molecule has 1 unspecified atom stereocenters. The number of benzene rings is 2. The quantitative estimate of drug-likeness (QED) is 0.806. The van der Waals surface area contributed by atoms with Crippen LogP contribution in [0.2, 0.25) is 0 Å². The molecule has 1 aliphatic heterocycles. The Morgan fingerprint density at radius 1 is 1.04 bits per heavy atom. The third-order valence-corrected chi connectivity index (χ3v) is 6.61. The topological polar surface area (TPSA) is 49.9 Å². The number of hydrogen-bond acceptors (Lipinski definition) is 4. The molecule has 3 rings (SSSR count). The van der Waals surface area contributed by atoms with Gasteiger partial charge in [-0.1, -0.05) is 17.7 Å². The monoisotopic (exact) mass is 374 g/mol. The number of ether oxygens (including phenoxy) is 1. The van der Waals surface area contributed by atoms with Gasteiger partial charge in [0.2, 0.25) is 10.0 Å². The number of aryl methyl sites for hydroxylation is 1. The summed E-state index contributed by atoms with van der Waals surface area (Å²) in [6, 6.07) is 15.2. The van der Waals surface area contributed by atoms with Crippen molar-refractivity contribution in [3.05, 3.63) is 54.1 Å². The molecule has 6 heteroatoms. The molecule has 0 N–H and O–H groups in total. The lowest BCUT2D eigenvalue weighted by atomic mass is 10.1. The van der Waals surface area contributed by atoms with Crippen LogP contribution < -0.4 is 9.64 Å². The molecule has 0 bridgehead atoms. The Morgan fingerprint density at radius 2 is 1.69 bits per heavy atom. The van der Waals surface area contributed by atoms with Crippen LogP contribution in [-0.4, -0.2) is 45.0 Å². The molecular formula is C20H26N2O3S. The summed E-state index contributed by atoms with van der Waals surface area (Å²) in [5, 5.41) is 0. The van der Waals surface area contributed by atoms with Crippen molar-refractivity contribution in [2.75, 3.05) is 31.1 Å². The van der Waals surface area contributed by atoms with E-state index in [1.807, 2.05) is 6.92 Å². The lowest BCUT2D eigenvalue weighted by Gasteiger charge is -2.40. The summed E-state index contributed by atoms with van der Waals surface area (Å²) in [5.74, 6) is 0.684. The molecule has 1 heterocycles. The predicted octanol–water partition coefficient (Wildman–Crippen LogP) is 3.29. The minimum Gasteiger partial charge on any atom is -0.494 e. The summed E-state index contributed by atoms with van der Waals surface area (Å²) in [6.45, 7) is 8.23. The van der Waals surface area contributed by atoms with Gasteiger partial charge in [-0.2, -0.15) is 4.31 Å². The fourth-order valence-electron chi connectivity index (χ4n) is 3.29. The van der Waals surface area contributed by atoms with Crippen molar-refractivity contribution in [2.24, 2.45) is 0 Å². The molecule has 0 saturated carbocycles. The summed E-state index contributed by atoms with van der Waals surface area (Å²) in [7, 11) is -3.49. The van der Waals surface area contributed by atoms with Crippen LogP contribution in [0.25, 0.3) is 0 Å². The third kappa shape index (κ3) is 3.86. The van der Waals surface area contributed by atoms with E-state index >= 15 is 0 Å². The average Bonchev–Trinajstić information content (AvgIpc) is 2.63. The van der Waals surface area contributed by atoms with E-state index in [9.17, 15) is 8.42 Å². The van der Waals surface area contributed by atoms with Gasteiger partial charge in [-0.3, -0.25) is 0 Å². The van der Waals surface area contributed by atoms with E-state index in [2.05, 4.69) is 43.0 Å². The van der Waals surface area contributed by atoms with Crippen LogP contribution in [0.15, 0.2) is 53.4 Å². The van der Waals surface area contributed by atoms with E-state index in [-0.39, 0.29) is 6.04 Å². The molecular weight excluding hydrogens is 348 g/mol. The Morgan fingerprint density at radius 3 is 2.27 bits per heavy atom. The van der Waals surface area contributed by atoms with Gasteiger partial charge in [0.1, 0.15) is 5.75 Å². The van der Waals surface area contributed by atoms with Crippen LogP contribution in [0.1, 0.15) is 19.4 Å². The van der Waals surface area contributed by atoms with E-state index in [4.69, 9.17) is 4.74 Å². The van der Waals surface area contributed by atoms with Crippen LogP contribution in [0.3, 0.4) is 0 Å². The first-order chi connectivity index (χ1) is 12.4. The number of hydrogen-bond donors (Lipinski definition) is 0. The average molecular weight is 375 g/mol. The molecule has 26 heavy (non-hydrogen) atoms. The molecule has 1 aliphatic rings. The maximum atomic E-state index is 13.0. The third-order valence-electron chi connectivity index (χ3n) is 4.73. The fraction of sp³-hybridized carbons (Fsp3) is 0.400. The van der Waals surface area contributed by atoms with Crippen molar-refractivity contribution >= 4 is 15.7 Å². The highest BCUT2D eigenvalue weighted by atomic mass is 32.2. The van der Waals surface area contributed by atoms with Crippen LogP contribution in [-0.2, 0) is 10.0 Å². The molecule has 1 saturated heterocycles. The zero-order valence-corrected chi connectivity index (χ0v) is 16.4. The molecule has 2 aromatic rings. The second-order valence-electron chi connectivity index (χ2n) is 6.65. The van der Waals surface area contributed by atoms with Crippen molar-refractivity contribution in [3.8, 4) is 5.75 Å². The lowest BCUT2D eigenvalue weighted by Crippen LogP contribution is -2.53. The maximum Gasteiger partial charge on any atom is 0.243 e. The molecule has 2 aromatic carbocycles. The minimum absolute atomic E-state index is 0.115. The Balaban J connectivity index is 1.73. The fourth-order valence-corrected chi connectivity index (χ4v) is 4.80. The summed E-state index contributed by atoms with van der Waals surface area (Å²) in [5.41, 5.74) is 2.36. The first kappa shape index (κ1) is 18.7. The largest absolute Gasteiger partial charge is 0.494 e. The summed E-state index contributed by atoms with van der Waals surface area (Å²) in [6.07, 6.45) is 0. The van der Waals surface area contributed by atoms with Crippen molar-refractivity contribution in [3.63, 3.8) is 0 Å². The van der Waals surface area contributed by atoms with Gasteiger partial charge in [-0.25, -0.2) is 8.42 Å². The van der Waals surface area contributed by atoms with Gasteiger partial charge < -0.3 is 9.64 Å². The van der Waals surface area contributed by atoms with Crippen LogP contribution in [0, 0.1) is 6.92 Å². The molecule has 0 aromatic heterocycles. The van der Waals surface area contributed by atoms with Crippen molar-refractivity contribution in [1.29, 1.82) is 0 Å². The summed E-state index contributed by atoms with van der Waals surface area (Å²) < 4.78 is 32.9. The normalized spacial score (nSPS) is 18.7. The minimum atomic E-state index is -3.49. The Kier molecular flexibility index (Phi) is 5.53. The number of nitrogens with zero attached hydrogens (tertiary/aromatic N) is 2. The number of sulfonamides is 1. The van der Waals surface area contributed by atoms with Crippen LogP contribution >= 0.6 is 0 Å². The van der Waals surface area contributed by atoms with E-state index in [0.29, 0.717) is 36.9 Å². The molecule has 1 fully saturated rings. The van der Waals surface area contributed by atoms with Gasteiger partial charge in [0.15, 0.2) is 0 Å². The maximum absolute atomic E-state index is 13.0. The van der Waals surface area contributed by atoms with Crippen LogP contribution in [0.5, 0.6) is 5.75 Å². The molecule has 0 amide bonds. The Labute approximate surface area is 156 Å². The number of anilines is 1. The van der Waals surface area contributed by atoms with Gasteiger partial charge in [0.05, 0.1) is 11.5 Å². The van der Waals surface area contributed by atoms with Gasteiger partial charge in [0, 0.05) is 31.4 Å². The van der Waals surface area contributed by atoms with E-state index < -0.39 is 10.0 Å². The van der Waals surface area contributed by atoms with E-state index in [0.717, 1.165) is 5.69 Å². The van der Waals surface area contributed by atoms with Crippen molar-refractivity contribution < 1.29 is 13.2 Å². The lowest BCUT2D eigenvalue weighted by molar-refractivity contribution is 0.338. The van der Waals surface area contributed by atoms with Crippen molar-refractivity contribution in [1.82, 2.24) is 4.31 Å². The second-order valence-corrected chi connectivity index (χ2v) is 8.58. The number of rotatable bonds is 5. The smallest absolute Gasteiger partial charge is 0.243 e. The first-order valence-corrected chi connectivity index (χ1v) is 10.4. The van der Waals surface area contributed by atoms with Gasteiger partial charge in [-0.05, 0) is 57.2 Å². The molecule has 140 valence electrons. The SMILES string of the molecule is CCOc1ccc(S(=O)(=O)N2CCN(c3ccc(C)cc3)C(C)C2)cc1. The predicted molar refractivity (Wildman–Crippen MR) is 104 cm³/mol. The van der Waals surface area contributed by atoms with E-state index in [1.54, 1.807) is 28.6 Å². The van der Waals surface area contributed by atoms with Gasteiger partial charge in [0.25, 0.3) is 0 Å². The highest BCUT2D eigenvalue weighted by molar-refractivity contribution is 7.89. The Hall–Kier alpha value is -2.05. The van der Waals surface area contributed by atoms with Crippen molar-refractivity contribution in [2.45, 2.75) is 31.7 Å². The Bertz CT molecular complexity index is 832. The zero-order valence-electron chi connectivity index (χ0n) is 15.6. The highest BCUT2D eigenvalue weighted by Gasteiger charge is 2.32. The highest BCUT2D eigenvalue weighted by Crippen LogP contribution is 2.25. The molecule has 5 nitrogen and oxygen atoms in total. The molecule has 0 aliphatic carbocycles. The van der Waals surface area contributed by atoms with E-state index in [1.165, 1.54) is 5.56 Å². The van der Waals surface area contributed by atoms with Gasteiger partial charge >= 0.3 is 0 Å². The summed E-state index contributed by atoms with van der Waals surface area (Å²) >= 11 is 0. The van der Waals surface area contributed by atoms with Crippen LogP contribution in [0.4, 0.5) is 5.69 Å². The zero-order chi connectivity index (χ0) is 18.7. The second kappa shape index (κ2) is 7.68. The molecule has 1 atom stereocenters. The molecule has 0 radical (unpaired) electrons.